The summed E-state index contributed by atoms with van der Waals surface area (Å²) < 4.78 is 7.19. The zero-order valence-corrected chi connectivity index (χ0v) is 12.5. The van der Waals surface area contributed by atoms with Gasteiger partial charge in [-0.1, -0.05) is 17.7 Å². The SMILES string of the molecule is O=C(NCCOc1ccc(Cl)cc1)c1cnn2ccccc12. The van der Waals surface area contributed by atoms with Crippen LogP contribution in [0.5, 0.6) is 5.75 Å². The number of aromatic nitrogens is 2. The van der Waals surface area contributed by atoms with Gasteiger partial charge in [0.05, 0.1) is 23.8 Å². The first-order valence-electron chi connectivity index (χ1n) is 6.83. The van der Waals surface area contributed by atoms with E-state index in [9.17, 15) is 4.79 Å². The number of ether oxygens (including phenoxy) is 1. The maximum Gasteiger partial charge on any atom is 0.255 e. The predicted molar refractivity (Wildman–Crippen MR) is 84.5 cm³/mol. The third kappa shape index (κ3) is 3.20. The number of benzene rings is 1. The van der Waals surface area contributed by atoms with Crippen LogP contribution < -0.4 is 10.1 Å². The zero-order valence-electron chi connectivity index (χ0n) is 11.7. The molecule has 0 unspecified atom stereocenters. The third-order valence-corrected chi connectivity index (χ3v) is 3.39. The second-order valence-corrected chi connectivity index (χ2v) is 5.08. The number of amides is 1. The molecule has 0 atom stereocenters. The van der Waals surface area contributed by atoms with Gasteiger partial charge in [-0.2, -0.15) is 5.10 Å². The third-order valence-electron chi connectivity index (χ3n) is 3.14. The van der Waals surface area contributed by atoms with E-state index in [-0.39, 0.29) is 5.91 Å². The van der Waals surface area contributed by atoms with Crippen LogP contribution in [0.4, 0.5) is 0 Å². The summed E-state index contributed by atoms with van der Waals surface area (Å²) in [4.78, 5) is 12.1. The molecule has 1 N–H and O–H groups in total. The van der Waals surface area contributed by atoms with E-state index in [1.165, 1.54) is 0 Å². The average Bonchev–Trinajstić information content (AvgIpc) is 2.97. The summed E-state index contributed by atoms with van der Waals surface area (Å²) in [6.45, 7) is 0.790. The first kappa shape index (κ1) is 14.4. The van der Waals surface area contributed by atoms with Crippen molar-refractivity contribution in [2.75, 3.05) is 13.2 Å². The Bertz CT molecular complexity index is 783. The van der Waals surface area contributed by atoms with E-state index < -0.39 is 0 Å². The Morgan fingerprint density at radius 2 is 2.05 bits per heavy atom. The van der Waals surface area contributed by atoms with Gasteiger partial charge in [0.2, 0.25) is 0 Å². The summed E-state index contributed by atoms with van der Waals surface area (Å²) in [6, 6.07) is 12.7. The van der Waals surface area contributed by atoms with E-state index in [4.69, 9.17) is 16.3 Å². The van der Waals surface area contributed by atoms with E-state index in [0.29, 0.717) is 23.7 Å². The molecule has 0 radical (unpaired) electrons. The first-order valence-corrected chi connectivity index (χ1v) is 7.21. The normalized spacial score (nSPS) is 10.6. The van der Waals surface area contributed by atoms with Crippen molar-refractivity contribution in [3.05, 3.63) is 65.4 Å². The molecule has 22 heavy (non-hydrogen) atoms. The van der Waals surface area contributed by atoms with Crippen LogP contribution in [0.15, 0.2) is 54.9 Å². The molecule has 2 aromatic heterocycles. The van der Waals surface area contributed by atoms with Crippen LogP contribution in [0.2, 0.25) is 5.02 Å². The van der Waals surface area contributed by atoms with Crippen LogP contribution >= 0.6 is 11.6 Å². The molecule has 1 amide bonds. The van der Waals surface area contributed by atoms with Crippen molar-refractivity contribution >= 4 is 23.0 Å². The Morgan fingerprint density at radius 3 is 2.86 bits per heavy atom. The summed E-state index contributed by atoms with van der Waals surface area (Å²) in [7, 11) is 0. The molecule has 112 valence electrons. The smallest absolute Gasteiger partial charge is 0.255 e. The van der Waals surface area contributed by atoms with Gasteiger partial charge in [-0.25, -0.2) is 4.52 Å². The number of hydrogen-bond donors (Lipinski definition) is 1. The van der Waals surface area contributed by atoms with Gasteiger partial charge >= 0.3 is 0 Å². The van der Waals surface area contributed by atoms with Crippen LogP contribution in [-0.2, 0) is 0 Å². The molecule has 0 bridgehead atoms. The number of halogens is 1. The summed E-state index contributed by atoms with van der Waals surface area (Å²) in [5.41, 5.74) is 1.32. The molecule has 2 heterocycles. The van der Waals surface area contributed by atoms with E-state index in [0.717, 1.165) is 11.3 Å². The lowest BCUT2D eigenvalue weighted by Crippen LogP contribution is -2.28. The van der Waals surface area contributed by atoms with E-state index >= 15 is 0 Å². The quantitative estimate of drug-likeness (QED) is 0.737. The monoisotopic (exact) mass is 315 g/mol. The molecule has 0 aliphatic rings. The number of fused-ring (bicyclic) bond motifs is 1. The van der Waals surface area contributed by atoms with Crippen molar-refractivity contribution in [1.29, 1.82) is 0 Å². The minimum atomic E-state index is -0.166. The van der Waals surface area contributed by atoms with Crippen LogP contribution in [0.25, 0.3) is 5.52 Å². The number of pyridine rings is 1. The van der Waals surface area contributed by atoms with Crippen LogP contribution in [-0.4, -0.2) is 28.7 Å². The van der Waals surface area contributed by atoms with Crippen molar-refractivity contribution < 1.29 is 9.53 Å². The zero-order chi connectivity index (χ0) is 15.4. The molecule has 3 rings (SSSR count). The highest BCUT2D eigenvalue weighted by Crippen LogP contribution is 2.15. The molecule has 6 heteroatoms. The Morgan fingerprint density at radius 1 is 1.23 bits per heavy atom. The largest absolute Gasteiger partial charge is 0.492 e. The van der Waals surface area contributed by atoms with Gasteiger partial charge in [0.15, 0.2) is 0 Å². The summed E-state index contributed by atoms with van der Waals surface area (Å²) in [6.07, 6.45) is 3.36. The fourth-order valence-electron chi connectivity index (χ4n) is 2.07. The van der Waals surface area contributed by atoms with Gasteiger partial charge in [-0.3, -0.25) is 4.79 Å². The Labute approximate surface area is 132 Å². The first-order chi connectivity index (χ1) is 10.7. The molecule has 3 aromatic rings. The molecule has 0 spiro atoms. The predicted octanol–water partition coefficient (Wildman–Crippen LogP) is 2.80. The molecule has 0 fully saturated rings. The van der Waals surface area contributed by atoms with Crippen molar-refractivity contribution in [1.82, 2.24) is 14.9 Å². The summed E-state index contributed by atoms with van der Waals surface area (Å²) in [5, 5.41) is 7.61. The lowest BCUT2D eigenvalue weighted by molar-refractivity contribution is 0.0948. The number of rotatable bonds is 5. The standard InChI is InChI=1S/C16H14ClN3O2/c17-12-4-6-13(7-5-12)22-10-8-18-16(21)14-11-19-20-9-2-1-3-15(14)20/h1-7,9,11H,8,10H2,(H,18,21). The molecular weight excluding hydrogens is 302 g/mol. The Hall–Kier alpha value is -2.53. The van der Waals surface area contributed by atoms with Gasteiger partial charge in [-0.15, -0.1) is 0 Å². The molecule has 0 aliphatic heterocycles. The lowest BCUT2D eigenvalue weighted by Gasteiger charge is -2.07. The molecule has 0 saturated carbocycles. The maximum absolute atomic E-state index is 12.1. The Balaban J connectivity index is 1.53. The molecular formula is C16H14ClN3O2. The van der Waals surface area contributed by atoms with Crippen molar-refractivity contribution in [3.8, 4) is 5.75 Å². The Kier molecular flexibility index (Phi) is 4.25. The van der Waals surface area contributed by atoms with Gasteiger partial charge in [0.25, 0.3) is 5.91 Å². The lowest BCUT2D eigenvalue weighted by atomic mass is 10.2. The fraction of sp³-hybridized carbons (Fsp3) is 0.125. The summed E-state index contributed by atoms with van der Waals surface area (Å²) >= 11 is 5.80. The minimum absolute atomic E-state index is 0.166. The highest BCUT2D eigenvalue weighted by molar-refractivity contribution is 6.30. The van der Waals surface area contributed by atoms with E-state index in [1.54, 1.807) is 41.2 Å². The van der Waals surface area contributed by atoms with E-state index in [2.05, 4.69) is 10.4 Å². The number of carbonyl (C=O) groups excluding carboxylic acids is 1. The number of hydrogen-bond acceptors (Lipinski definition) is 3. The van der Waals surface area contributed by atoms with Gasteiger partial charge < -0.3 is 10.1 Å². The molecule has 5 nitrogen and oxygen atoms in total. The van der Waals surface area contributed by atoms with E-state index in [1.807, 2.05) is 18.2 Å². The number of nitrogens with one attached hydrogen (secondary N) is 1. The number of carbonyl (C=O) groups is 1. The highest BCUT2D eigenvalue weighted by Gasteiger charge is 2.11. The average molecular weight is 316 g/mol. The molecule has 1 aromatic carbocycles. The second-order valence-electron chi connectivity index (χ2n) is 4.65. The van der Waals surface area contributed by atoms with Crippen molar-refractivity contribution in [2.24, 2.45) is 0 Å². The second kappa shape index (κ2) is 6.49. The minimum Gasteiger partial charge on any atom is -0.492 e. The maximum atomic E-state index is 12.1. The molecule has 0 aliphatic carbocycles. The van der Waals surface area contributed by atoms with Gasteiger partial charge in [0.1, 0.15) is 12.4 Å². The van der Waals surface area contributed by atoms with Crippen LogP contribution in [0, 0.1) is 0 Å². The fourth-order valence-corrected chi connectivity index (χ4v) is 2.19. The van der Waals surface area contributed by atoms with Crippen molar-refractivity contribution in [2.45, 2.75) is 0 Å². The van der Waals surface area contributed by atoms with Gasteiger partial charge in [0, 0.05) is 11.2 Å². The summed E-state index contributed by atoms with van der Waals surface area (Å²) in [5.74, 6) is 0.551. The van der Waals surface area contributed by atoms with Crippen LogP contribution in [0.3, 0.4) is 0 Å². The van der Waals surface area contributed by atoms with Crippen molar-refractivity contribution in [3.63, 3.8) is 0 Å². The van der Waals surface area contributed by atoms with Gasteiger partial charge in [-0.05, 0) is 36.4 Å². The highest BCUT2D eigenvalue weighted by atomic mass is 35.5. The molecule has 0 saturated heterocycles. The number of nitrogens with zero attached hydrogens (tertiary/aromatic N) is 2. The van der Waals surface area contributed by atoms with Crippen LogP contribution in [0.1, 0.15) is 10.4 Å². The topological polar surface area (TPSA) is 55.6 Å².